The average molecular weight is 280 g/mol. The largest absolute Gasteiger partial charge is 0.372 e. The molecule has 0 aliphatic carbocycles. The fourth-order valence-electron chi connectivity index (χ4n) is 2.12. The van der Waals surface area contributed by atoms with Crippen molar-refractivity contribution in [2.24, 2.45) is 0 Å². The van der Waals surface area contributed by atoms with E-state index in [1.807, 2.05) is 20.8 Å². The Labute approximate surface area is 117 Å². The van der Waals surface area contributed by atoms with Crippen LogP contribution in [0.5, 0.6) is 0 Å². The number of morpholine rings is 1. The molecule has 2 amide bonds. The number of nitrogens with one attached hydrogen (secondary N) is 1. The van der Waals surface area contributed by atoms with E-state index in [1.54, 1.807) is 10.9 Å². The number of ether oxygens (including phenoxy) is 1. The van der Waals surface area contributed by atoms with Crippen molar-refractivity contribution >= 4 is 17.5 Å². The van der Waals surface area contributed by atoms with Crippen molar-refractivity contribution in [3.05, 3.63) is 12.4 Å². The topological polar surface area (TPSA) is 76.5 Å². The third-order valence-corrected chi connectivity index (χ3v) is 3.12. The van der Waals surface area contributed by atoms with Gasteiger partial charge in [0.05, 0.1) is 24.1 Å². The van der Waals surface area contributed by atoms with E-state index in [4.69, 9.17) is 4.74 Å². The highest BCUT2D eigenvalue weighted by Crippen LogP contribution is 2.16. The van der Waals surface area contributed by atoms with Gasteiger partial charge in [-0.2, -0.15) is 5.10 Å². The van der Waals surface area contributed by atoms with E-state index in [2.05, 4.69) is 10.4 Å². The lowest BCUT2D eigenvalue weighted by Gasteiger charge is -2.37. The van der Waals surface area contributed by atoms with Crippen LogP contribution in [0.4, 0.5) is 5.69 Å². The van der Waals surface area contributed by atoms with Crippen LogP contribution in [-0.4, -0.2) is 51.8 Å². The lowest BCUT2D eigenvalue weighted by molar-refractivity contribution is -0.153. The molecule has 1 aliphatic heterocycles. The molecule has 0 bridgehead atoms. The number of rotatable bonds is 2. The van der Waals surface area contributed by atoms with E-state index in [1.165, 1.54) is 11.1 Å². The fourth-order valence-corrected chi connectivity index (χ4v) is 2.12. The summed E-state index contributed by atoms with van der Waals surface area (Å²) in [6.45, 7) is 7.74. The Morgan fingerprint density at radius 2 is 2.25 bits per heavy atom. The molecule has 20 heavy (non-hydrogen) atoms. The van der Waals surface area contributed by atoms with Gasteiger partial charge in [0.1, 0.15) is 0 Å². The second kappa shape index (κ2) is 5.62. The minimum absolute atomic E-state index is 0.410. The number of nitrogens with zero attached hydrogens (tertiary/aromatic N) is 3. The lowest BCUT2D eigenvalue weighted by atomic mass is 10.1. The third-order valence-electron chi connectivity index (χ3n) is 3.12. The maximum absolute atomic E-state index is 12.1. The monoisotopic (exact) mass is 280 g/mol. The van der Waals surface area contributed by atoms with Crippen molar-refractivity contribution in [1.82, 2.24) is 14.7 Å². The van der Waals surface area contributed by atoms with Crippen LogP contribution in [0.15, 0.2) is 12.4 Å². The molecule has 1 aromatic rings. The first-order chi connectivity index (χ1) is 9.41. The number of aromatic nitrogens is 2. The van der Waals surface area contributed by atoms with Gasteiger partial charge in [-0.1, -0.05) is 0 Å². The molecule has 1 N–H and O–H groups in total. The normalized spacial score (nSPS) is 17.9. The molecule has 7 nitrogen and oxygen atoms in total. The van der Waals surface area contributed by atoms with Crippen LogP contribution >= 0.6 is 0 Å². The number of amides is 2. The van der Waals surface area contributed by atoms with E-state index in [0.29, 0.717) is 31.9 Å². The second-order valence-electron chi connectivity index (χ2n) is 5.37. The van der Waals surface area contributed by atoms with Crippen LogP contribution in [0.1, 0.15) is 20.8 Å². The van der Waals surface area contributed by atoms with Crippen molar-refractivity contribution < 1.29 is 14.3 Å². The predicted molar refractivity (Wildman–Crippen MR) is 73.1 cm³/mol. The van der Waals surface area contributed by atoms with Gasteiger partial charge >= 0.3 is 11.8 Å². The minimum atomic E-state index is -0.640. The van der Waals surface area contributed by atoms with E-state index in [-0.39, 0.29) is 0 Å². The number of hydrogen-bond acceptors (Lipinski definition) is 4. The van der Waals surface area contributed by atoms with Crippen molar-refractivity contribution in [2.45, 2.75) is 32.9 Å². The first-order valence-corrected chi connectivity index (χ1v) is 6.68. The molecule has 0 unspecified atom stereocenters. The summed E-state index contributed by atoms with van der Waals surface area (Å²) in [5, 5.41) is 6.61. The summed E-state index contributed by atoms with van der Waals surface area (Å²) in [6.07, 6.45) is 3.21. The van der Waals surface area contributed by atoms with Crippen LogP contribution in [0.3, 0.4) is 0 Å². The zero-order valence-corrected chi connectivity index (χ0v) is 12.0. The molecule has 2 rings (SSSR count). The summed E-state index contributed by atoms with van der Waals surface area (Å²) in [4.78, 5) is 25.6. The molecule has 7 heteroatoms. The SMILES string of the molecule is CCn1cc(NC(=O)C(=O)N2CCOC(C)(C)C2)cn1. The highest BCUT2D eigenvalue weighted by molar-refractivity contribution is 6.39. The predicted octanol–water partition coefficient (Wildman–Crippen LogP) is 0.479. The van der Waals surface area contributed by atoms with Gasteiger partial charge < -0.3 is 15.0 Å². The first-order valence-electron chi connectivity index (χ1n) is 6.68. The molecular formula is C13H20N4O3. The van der Waals surface area contributed by atoms with Crippen molar-refractivity contribution in [1.29, 1.82) is 0 Å². The fraction of sp³-hybridized carbons (Fsp3) is 0.615. The zero-order valence-electron chi connectivity index (χ0n) is 12.0. The van der Waals surface area contributed by atoms with Gasteiger partial charge in [-0.25, -0.2) is 0 Å². The van der Waals surface area contributed by atoms with Crippen LogP contribution in [0.25, 0.3) is 0 Å². The van der Waals surface area contributed by atoms with E-state index in [0.717, 1.165) is 0 Å². The van der Waals surface area contributed by atoms with Gasteiger partial charge in [0.15, 0.2) is 0 Å². The Hall–Kier alpha value is -1.89. The average Bonchev–Trinajstić information content (AvgIpc) is 2.84. The zero-order chi connectivity index (χ0) is 14.8. The Morgan fingerprint density at radius 1 is 1.50 bits per heavy atom. The Morgan fingerprint density at radius 3 is 2.85 bits per heavy atom. The number of carbonyl (C=O) groups is 2. The van der Waals surface area contributed by atoms with Gasteiger partial charge in [-0.3, -0.25) is 14.3 Å². The quantitative estimate of drug-likeness (QED) is 0.799. The van der Waals surface area contributed by atoms with Crippen LogP contribution in [0.2, 0.25) is 0 Å². The molecule has 0 atom stereocenters. The van der Waals surface area contributed by atoms with Gasteiger partial charge in [0, 0.05) is 25.8 Å². The lowest BCUT2D eigenvalue weighted by Crippen LogP contribution is -2.53. The van der Waals surface area contributed by atoms with E-state index < -0.39 is 17.4 Å². The summed E-state index contributed by atoms with van der Waals surface area (Å²) in [5.74, 6) is -1.18. The van der Waals surface area contributed by atoms with Crippen LogP contribution in [0, 0.1) is 0 Å². The molecule has 1 aliphatic rings. The number of hydrogen-bond donors (Lipinski definition) is 1. The second-order valence-corrected chi connectivity index (χ2v) is 5.37. The third kappa shape index (κ3) is 3.36. The Kier molecular flexibility index (Phi) is 4.08. The number of aryl methyl sites for hydroxylation is 1. The van der Waals surface area contributed by atoms with Crippen LogP contribution in [-0.2, 0) is 20.9 Å². The highest BCUT2D eigenvalue weighted by atomic mass is 16.5. The molecule has 1 fully saturated rings. The van der Waals surface area contributed by atoms with E-state index >= 15 is 0 Å². The summed E-state index contributed by atoms with van der Waals surface area (Å²) in [5.41, 5.74) is 0.110. The molecule has 0 aromatic carbocycles. The molecule has 0 saturated carbocycles. The van der Waals surface area contributed by atoms with Crippen molar-refractivity contribution in [2.75, 3.05) is 25.0 Å². The molecule has 0 radical (unpaired) electrons. The maximum atomic E-state index is 12.1. The van der Waals surface area contributed by atoms with Crippen molar-refractivity contribution in [3.63, 3.8) is 0 Å². The number of carbonyl (C=O) groups excluding carboxylic acids is 2. The molecular weight excluding hydrogens is 260 g/mol. The summed E-state index contributed by atoms with van der Waals surface area (Å²) < 4.78 is 7.20. The smallest absolute Gasteiger partial charge is 0.313 e. The van der Waals surface area contributed by atoms with Crippen LogP contribution < -0.4 is 5.32 Å². The molecule has 2 heterocycles. The van der Waals surface area contributed by atoms with Gasteiger partial charge in [0.25, 0.3) is 0 Å². The van der Waals surface area contributed by atoms with Gasteiger partial charge in [-0.15, -0.1) is 0 Å². The molecule has 1 aromatic heterocycles. The summed E-state index contributed by atoms with van der Waals surface area (Å²) >= 11 is 0. The Bertz CT molecular complexity index is 509. The standard InChI is InChI=1S/C13H20N4O3/c1-4-17-8-10(7-14-17)15-11(18)12(19)16-5-6-20-13(2,3)9-16/h7-8H,4-6,9H2,1-3H3,(H,15,18). The van der Waals surface area contributed by atoms with Gasteiger partial charge in [-0.05, 0) is 20.8 Å². The van der Waals surface area contributed by atoms with E-state index in [9.17, 15) is 9.59 Å². The first kappa shape index (κ1) is 14.5. The maximum Gasteiger partial charge on any atom is 0.313 e. The minimum Gasteiger partial charge on any atom is -0.372 e. The Balaban J connectivity index is 1.96. The highest BCUT2D eigenvalue weighted by Gasteiger charge is 2.32. The number of anilines is 1. The summed E-state index contributed by atoms with van der Waals surface area (Å²) in [7, 11) is 0. The van der Waals surface area contributed by atoms with Gasteiger partial charge in [0.2, 0.25) is 0 Å². The summed E-state index contributed by atoms with van der Waals surface area (Å²) in [6, 6.07) is 0. The molecule has 110 valence electrons. The molecule has 0 spiro atoms. The van der Waals surface area contributed by atoms with Crippen molar-refractivity contribution in [3.8, 4) is 0 Å². The molecule has 1 saturated heterocycles.